The maximum atomic E-state index is 12.0. The lowest BCUT2D eigenvalue weighted by Crippen LogP contribution is -2.41. The minimum Gasteiger partial charge on any atom is -0.478 e. The smallest absolute Gasteiger partial charge is 0.337 e. The Hall–Kier alpha value is -1.91. The van der Waals surface area contributed by atoms with Crippen LogP contribution in [0.25, 0.3) is 0 Å². The SMILES string of the molecule is CC1CCCCC1NC(=O)c1ccc(C(=O)O)cn1. The monoisotopic (exact) mass is 262 g/mol. The third-order valence-corrected chi connectivity index (χ3v) is 3.67. The second-order valence-electron chi connectivity index (χ2n) is 5.08. The van der Waals surface area contributed by atoms with Crippen molar-refractivity contribution in [2.24, 2.45) is 5.92 Å². The van der Waals surface area contributed by atoms with Crippen LogP contribution < -0.4 is 5.32 Å². The Kier molecular flexibility index (Phi) is 4.14. The molecule has 2 rings (SSSR count). The number of pyridine rings is 1. The zero-order valence-electron chi connectivity index (χ0n) is 10.9. The van der Waals surface area contributed by atoms with Crippen molar-refractivity contribution in [1.29, 1.82) is 0 Å². The molecular weight excluding hydrogens is 244 g/mol. The summed E-state index contributed by atoms with van der Waals surface area (Å²) in [5, 5.41) is 11.8. The molecule has 5 nitrogen and oxygen atoms in total. The highest BCUT2D eigenvalue weighted by Crippen LogP contribution is 2.23. The van der Waals surface area contributed by atoms with E-state index in [0.29, 0.717) is 5.92 Å². The molecule has 1 aromatic heterocycles. The van der Waals surface area contributed by atoms with E-state index in [0.717, 1.165) is 19.3 Å². The van der Waals surface area contributed by atoms with Gasteiger partial charge in [0, 0.05) is 12.2 Å². The molecule has 0 saturated heterocycles. The average molecular weight is 262 g/mol. The molecule has 1 aliphatic rings. The van der Waals surface area contributed by atoms with Crippen molar-refractivity contribution in [2.75, 3.05) is 0 Å². The molecule has 1 amide bonds. The summed E-state index contributed by atoms with van der Waals surface area (Å²) >= 11 is 0. The number of hydrogen-bond acceptors (Lipinski definition) is 3. The number of carbonyl (C=O) groups is 2. The van der Waals surface area contributed by atoms with Gasteiger partial charge in [-0.1, -0.05) is 19.8 Å². The van der Waals surface area contributed by atoms with Crippen LogP contribution in [0.3, 0.4) is 0 Å². The van der Waals surface area contributed by atoms with Crippen LogP contribution in [0.15, 0.2) is 18.3 Å². The van der Waals surface area contributed by atoms with Gasteiger partial charge in [0.15, 0.2) is 0 Å². The number of amides is 1. The minimum atomic E-state index is -1.04. The zero-order chi connectivity index (χ0) is 13.8. The van der Waals surface area contributed by atoms with Gasteiger partial charge in [0.05, 0.1) is 5.56 Å². The molecule has 5 heteroatoms. The highest BCUT2D eigenvalue weighted by molar-refractivity contribution is 5.93. The van der Waals surface area contributed by atoms with E-state index in [2.05, 4.69) is 17.2 Å². The number of nitrogens with zero attached hydrogens (tertiary/aromatic N) is 1. The van der Waals surface area contributed by atoms with Gasteiger partial charge in [-0.2, -0.15) is 0 Å². The van der Waals surface area contributed by atoms with Crippen LogP contribution in [0.4, 0.5) is 0 Å². The number of carbonyl (C=O) groups excluding carboxylic acids is 1. The lowest BCUT2D eigenvalue weighted by molar-refractivity contribution is 0.0695. The fourth-order valence-corrected chi connectivity index (χ4v) is 2.43. The molecule has 1 fully saturated rings. The second-order valence-corrected chi connectivity index (χ2v) is 5.08. The molecule has 2 N–H and O–H groups in total. The van der Waals surface area contributed by atoms with Crippen LogP contribution in [0.1, 0.15) is 53.5 Å². The Morgan fingerprint density at radius 2 is 2.05 bits per heavy atom. The van der Waals surface area contributed by atoms with E-state index in [1.54, 1.807) is 0 Å². The lowest BCUT2D eigenvalue weighted by atomic mass is 9.86. The molecule has 1 saturated carbocycles. The first-order valence-electron chi connectivity index (χ1n) is 6.58. The van der Waals surface area contributed by atoms with E-state index in [9.17, 15) is 9.59 Å². The maximum absolute atomic E-state index is 12.0. The van der Waals surface area contributed by atoms with Crippen LogP contribution >= 0.6 is 0 Å². The summed E-state index contributed by atoms with van der Waals surface area (Å²) in [5.74, 6) is -0.785. The average Bonchev–Trinajstić information content (AvgIpc) is 2.41. The molecule has 0 aliphatic heterocycles. The second kappa shape index (κ2) is 5.82. The number of carboxylic acid groups (broad SMARTS) is 1. The fraction of sp³-hybridized carbons (Fsp3) is 0.500. The van der Waals surface area contributed by atoms with E-state index in [1.807, 2.05) is 0 Å². The Morgan fingerprint density at radius 1 is 1.32 bits per heavy atom. The first kappa shape index (κ1) is 13.5. The molecule has 0 spiro atoms. The summed E-state index contributed by atoms with van der Waals surface area (Å²) in [6.07, 6.45) is 5.71. The van der Waals surface area contributed by atoms with Crippen LogP contribution in [-0.2, 0) is 0 Å². The summed E-state index contributed by atoms with van der Waals surface area (Å²) in [6, 6.07) is 3.04. The molecule has 102 valence electrons. The van der Waals surface area contributed by atoms with Crippen LogP contribution in [-0.4, -0.2) is 28.0 Å². The largest absolute Gasteiger partial charge is 0.478 e. The van der Waals surface area contributed by atoms with E-state index in [-0.39, 0.29) is 23.2 Å². The normalized spacial score (nSPS) is 22.8. The molecule has 0 aromatic carbocycles. The first-order valence-corrected chi connectivity index (χ1v) is 6.58. The third kappa shape index (κ3) is 3.30. The molecular formula is C14H18N2O3. The van der Waals surface area contributed by atoms with Crippen molar-refractivity contribution in [2.45, 2.75) is 38.6 Å². The van der Waals surface area contributed by atoms with Gasteiger partial charge in [0.25, 0.3) is 5.91 Å². The molecule has 1 heterocycles. The van der Waals surface area contributed by atoms with Gasteiger partial charge in [-0.15, -0.1) is 0 Å². The van der Waals surface area contributed by atoms with E-state index in [1.165, 1.54) is 24.8 Å². The molecule has 0 bridgehead atoms. The van der Waals surface area contributed by atoms with E-state index in [4.69, 9.17) is 5.11 Å². The van der Waals surface area contributed by atoms with Gasteiger partial charge < -0.3 is 10.4 Å². The van der Waals surface area contributed by atoms with Gasteiger partial charge >= 0.3 is 5.97 Å². The van der Waals surface area contributed by atoms with Gasteiger partial charge in [-0.25, -0.2) is 4.79 Å². The molecule has 2 unspecified atom stereocenters. The quantitative estimate of drug-likeness (QED) is 0.874. The molecule has 2 atom stereocenters. The Balaban J connectivity index is 2.01. The third-order valence-electron chi connectivity index (χ3n) is 3.67. The molecule has 19 heavy (non-hydrogen) atoms. The van der Waals surface area contributed by atoms with E-state index >= 15 is 0 Å². The van der Waals surface area contributed by atoms with Gasteiger partial charge in [0.1, 0.15) is 5.69 Å². The van der Waals surface area contributed by atoms with E-state index < -0.39 is 5.97 Å². The maximum Gasteiger partial charge on any atom is 0.337 e. The molecule has 1 aromatic rings. The topological polar surface area (TPSA) is 79.3 Å². The Bertz CT molecular complexity index is 470. The first-order chi connectivity index (χ1) is 9.08. The summed E-state index contributed by atoms with van der Waals surface area (Å²) < 4.78 is 0. The summed E-state index contributed by atoms with van der Waals surface area (Å²) in [6.45, 7) is 2.14. The van der Waals surface area contributed by atoms with Crippen LogP contribution in [0, 0.1) is 5.92 Å². The number of rotatable bonds is 3. The van der Waals surface area contributed by atoms with Crippen molar-refractivity contribution in [1.82, 2.24) is 10.3 Å². The standard InChI is InChI=1S/C14H18N2O3/c1-9-4-2-3-5-11(9)16-13(17)12-7-6-10(8-15-12)14(18)19/h6-9,11H,2-5H2,1H3,(H,16,17)(H,18,19). The highest BCUT2D eigenvalue weighted by atomic mass is 16.4. The predicted molar refractivity (Wildman–Crippen MR) is 70.1 cm³/mol. The summed E-state index contributed by atoms with van der Waals surface area (Å²) in [5.41, 5.74) is 0.352. The van der Waals surface area contributed by atoms with Gasteiger partial charge in [0.2, 0.25) is 0 Å². The predicted octanol–water partition coefficient (Wildman–Crippen LogP) is 2.09. The number of nitrogens with one attached hydrogen (secondary N) is 1. The zero-order valence-corrected chi connectivity index (χ0v) is 10.9. The van der Waals surface area contributed by atoms with Gasteiger partial charge in [-0.3, -0.25) is 9.78 Å². The van der Waals surface area contributed by atoms with Gasteiger partial charge in [-0.05, 0) is 30.9 Å². The highest BCUT2D eigenvalue weighted by Gasteiger charge is 2.23. The summed E-state index contributed by atoms with van der Waals surface area (Å²) in [7, 11) is 0. The van der Waals surface area contributed by atoms with Crippen LogP contribution in [0.5, 0.6) is 0 Å². The Morgan fingerprint density at radius 3 is 2.63 bits per heavy atom. The molecule has 1 aliphatic carbocycles. The lowest BCUT2D eigenvalue weighted by Gasteiger charge is -2.29. The van der Waals surface area contributed by atoms with Crippen molar-refractivity contribution >= 4 is 11.9 Å². The molecule has 0 radical (unpaired) electrons. The number of aromatic carboxylic acids is 1. The van der Waals surface area contributed by atoms with Crippen molar-refractivity contribution < 1.29 is 14.7 Å². The minimum absolute atomic E-state index is 0.0857. The van der Waals surface area contributed by atoms with Crippen molar-refractivity contribution in [3.63, 3.8) is 0 Å². The fourth-order valence-electron chi connectivity index (χ4n) is 2.43. The summed E-state index contributed by atoms with van der Waals surface area (Å²) in [4.78, 5) is 26.6. The number of aromatic nitrogens is 1. The van der Waals surface area contributed by atoms with Crippen molar-refractivity contribution in [3.05, 3.63) is 29.6 Å². The van der Waals surface area contributed by atoms with Crippen molar-refractivity contribution in [3.8, 4) is 0 Å². The number of carboxylic acids is 1. The number of hydrogen-bond donors (Lipinski definition) is 2. The Labute approximate surface area is 112 Å². The van der Waals surface area contributed by atoms with Crippen LogP contribution in [0.2, 0.25) is 0 Å².